The molecule has 7 nitrogen and oxygen atoms in total. The second-order valence-corrected chi connectivity index (χ2v) is 6.57. The third-order valence-electron chi connectivity index (χ3n) is 5.20. The summed E-state index contributed by atoms with van der Waals surface area (Å²) in [6.07, 6.45) is 4.54. The smallest absolute Gasteiger partial charge is 0.273 e. The van der Waals surface area contributed by atoms with Crippen LogP contribution in [0, 0.1) is 22.8 Å². The Kier molecular flexibility index (Phi) is 3.78. The highest BCUT2D eigenvalue weighted by atomic mass is 16.2. The van der Waals surface area contributed by atoms with Crippen molar-refractivity contribution < 1.29 is 4.79 Å². The molecule has 128 valence electrons. The van der Waals surface area contributed by atoms with Crippen LogP contribution in [0.3, 0.4) is 0 Å². The van der Waals surface area contributed by atoms with Crippen molar-refractivity contribution in [3.63, 3.8) is 0 Å². The minimum atomic E-state index is -0.0898. The lowest BCUT2D eigenvalue weighted by Crippen LogP contribution is -2.42. The van der Waals surface area contributed by atoms with Gasteiger partial charge in [-0.05, 0) is 31.5 Å². The number of hydrogen-bond acceptors (Lipinski definition) is 6. The maximum absolute atomic E-state index is 12.9. The van der Waals surface area contributed by atoms with Crippen LogP contribution >= 0.6 is 0 Å². The van der Waals surface area contributed by atoms with Crippen molar-refractivity contribution in [3.8, 4) is 23.5 Å². The Hall–Kier alpha value is -3.45. The zero-order valence-electron chi connectivity index (χ0n) is 14.3. The molecule has 0 N–H and O–H groups in total. The molecule has 4 rings (SSSR count). The Bertz CT molecular complexity index is 973. The van der Waals surface area contributed by atoms with Crippen LogP contribution in [0.2, 0.25) is 0 Å². The zero-order valence-corrected chi connectivity index (χ0v) is 14.3. The number of fused-ring (bicyclic) bond motifs is 1. The molecule has 0 aliphatic carbocycles. The predicted molar refractivity (Wildman–Crippen MR) is 92.2 cm³/mol. The molecule has 2 atom stereocenters. The SMILES string of the molecule is CC1C(N2Cc3ccc(-c4ccnc(C#N)c4)nc3C2=O)CCN1C#N. The highest BCUT2D eigenvalue weighted by molar-refractivity contribution is 5.97. The lowest BCUT2D eigenvalue weighted by atomic mass is 10.1. The first-order chi connectivity index (χ1) is 12.6. The van der Waals surface area contributed by atoms with Gasteiger partial charge in [-0.15, -0.1) is 0 Å². The van der Waals surface area contributed by atoms with Crippen molar-refractivity contribution in [2.24, 2.45) is 0 Å². The summed E-state index contributed by atoms with van der Waals surface area (Å²) < 4.78 is 0. The highest BCUT2D eigenvalue weighted by Crippen LogP contribution is 2.31. The van der Waals surface area contributed by atoms with Crippen LogP contribution in [0.1, 0.15) is 35.1 Å². The summed E-state index contributed by atoms with van der Waals surface area (Å²) in [6.45, 7) is 3.18. The number of carbonyl (C=O) groups is 1. The van der Waals surface area contributed by atoms with Gasteiger partial charge in [0.1, 0.15) is 17.5 Å². The number of amides is 1. The number of pyridine rings is 2. The molecule has 0 bridgehead atoms. The van der Waals surface area contributed by atoms with Crippen LogP contribution in [-0.4, -0.2) is 44.3 Å². The minimum Gasteiger partial charge on any atom is -0.328 e. The number of carbonyl (C=O) groups excluding carboxylic acids is 1. The number of likely N-dealkylation sites (tertiary alicyclic amines) is 1. The van der Waals surface area contributed by atoms with Crippen molar-refractivity contribution in [3.05, 3.63) is 47.4 Å². The van der Waals surface area contributed by atoms with E-state index in [9.17, 15) is 10.1 Å². The normalized spacial score (nSPS) is 21.4. The number of nitrogens with zero attached hydrogens (tertiary/aromatic N) is 6. The van der Waals surface area contributed by atoms with Crippen LogP contribution in [0.5, 0.6) is 0 Å². The number of nitriles is 2. The average molecular weight is 344 g/mol. The maximum atomic E-state index is 12.9. The van der Waals surface area contributed by atoms with Gasteiger partial charge in [-0.2, -0.15) is 10.5 Å². The molecule has 0 spiro atoms. The Labute approximate surface area is 151 Å². The lowest BCUT2D eigenvalue weighted by molar-refractivity contribution is 0.0674. The Morgan fingerprint density at radius 1 is 1.27 bits per heavy atom. The van der Waals surface area contributed by atoms with Crippen molar-refractivity contribution in [1.29, 1.82) is 10.5 Å². The van der Waals surface area contributed by atoms with Crippen LogP contribution in [0.15, 0.2) is 30.5 Å². The molecular weight excluding hydrogens is 328 g/mol. The molecule has 2 aliphatic rings. The van der Waals surface area contributed by atoms with E-state index in [0.717, 1.165) is 17.5 Å². The van der Waals surface area contributed by atoms with E-state index in [1.165, 1.54) is 0 Å². The highest BCUT2D eigenvalue weighted by Gasteiger charge is 2.41. The van der Waals surface area contributed by atoms with Gasteiger partial charge in [-0.3, -0.25) is 4.79 Å². The molecule has 26 heavy (non-hydrogen) atoms. The van der Waals surface area contributed by atoms with Crippen LogP contribution in [0.25, 0.3) is 11.3 Å². The van der Waals surface area contributed by atoms with Crippen LogP contribution in [-0.2, 0) is 6.54 Å². The predicted octanol–water partition coefficient (Wildman–Crippen LogP) is 1.91. The summed E-state index contributed by atoms with van der Waals surface area (Å²) in [5, 5.41) is 18.2. The molecule has 2 unspecified atom stereocenters. The lowest BCUT2D eigenvalue weighted by Gasteiger charge is -2.28. The molecule has 1 amide bonds. The molecule has 4 heterocycles. The number of aromatic nitrogens is 2. The van der Waals surface area contributed by atoms with E-state index >= 15 is 0 Å². The Balaban J connectivity index is 1.64. The first-order valence-corrected chi connectivity index (χ1v) is 8.46. The molecule has 1 saturated heterocycles. The second kappa shape index (κ2) is 6.12. The fraction of sp³-hybridized carbons (Fsp3) is 0.316. The Morgan fingerprint density at radius 3 is 2.85 bits per heavy atom. The van der Waals surface area contributed by atoms with E-state index in [-0.39, 0.29) is 18.0 Å². The molecule has 0 radical (unpaired) electrons. The summed E-state index contributed by atoms with van der Waals surface area (Å²) in [5.41, 5.74) is 3.08. The largest absolute Gasteiger partial charge is 0.328 e. The molecule has 1 fully saturated rings. The quantitative estimate of drug-likeness (QED) is 0.772. The molecule has 2 aromatic rings. The summed E-state index contributed by atoms with van der Waals surface area (Å²) in [5.74, 6) is -0.0898. The molecule has 0 aromatic carbocycles. The molecular formula is C19H16N6O. The Morgan fingerprint density at radius 2 is 2.12 bits per heavy atom. The van der Waals surface area contributed by atoms with Crippen LogP contribution < -0.4 is 0 Å². The number of hydrogen-bond donors (Lipinski definition) is 0. The molecule has 0 saturated carbocycles. The third-order valence-corrected chi connectivity index (χ3v) is 5.20. The minimum absolute atomic E-state index is 0.0103. The van der Waals surface area contributed by atoms with E-state index in [0.29, 0.717) is 30.2 Å². The monoisotopic (exact) mass is 344 g/mol. The summed E-state index contributed by atoms with van der Waals surface area (Å²) in [7, 11) is 0. The first kappa shape index (κ1) is 16.0. The first-order valence-electron chi connectivity index (χ1n) is 8.46. The molecule has 2 aliphatic heterocycles. The van der Waals surface area contributed by atoms with Gasteiger partial charge in [0.2, 0.25) is 0 Å². The average Bonchev–Trinajstić information content (AvgIpc) is 3.21. The summed E-state index contributed by atoms with van der Waals surface area (Å²) in [4.78, 5) is 25.0. The topological polar surface area (TPSA) is 96.9 Å². The van der Waals surface area contributed by atoms with E-state index in [1.807, 2.05) is 30.0 Å². The maximum Gasteiger partial charge on any atom is 0.273 e. The fourth-order valence-electron chi connectivity index (χ4n) is 3.75. The van der Waals surface area contributed by atoms with Gasteiger partial charge in [0, 0.05) is 30.4 Å². The standard InChI is InChI=1S/C19H16N6O/c1-12-17(5-7-24(12)11-21)25-10-14-2-3-16(23-18(14)19(25)26)13-4-6-22-15(8-13)9-20/h2-4,6,8,12,17H,5,7,10H2,1H3. The zero-order chi connectivity index (χ0) is 18.3. The fourth-order valence-corrected chi connectivity index (χ4v) is 3.75. The van der Waals surface area contributed by atoms with Gasteiger partial charge < -0.3 is 9.80 Å². The van der Waals surface area contributed by atoms with Gasteiger partial charge in [-0.1, -0.05) is 6.07 Å². The van der Waals surface area contributed by atoms with E-state index in [2.05, 4.69) is 16.2 Å². The van der Waals surface area contributed by atoms with Crippen molar-refractivity contribution in [1.82, 2.24) is 19.8 Å². The number of rotatable bonds is 2. The van der Waals surface area contributed by atoms with Crippen molar-refractivity contribution >= 4 is 5.91 Å². The van der Waals surface area contributed by atoms with Gasteiger partial charge in [0.15, 0.2) is 6.19 Å². The van der Waals surface area contributed by atoms with E-state index in [4.69, 9.17) is 5.26 Å². The second-order valence-electron chi connectivity index (χ2n) is 6.57. The molecule has 7 heteroatoms. The van der Waals surface area contributed by atoms with Gasteiger partial charge in [0.25, 0.3) is 5.91 Å². The van der Waals surface area contributed by atoms with E-state index < -0.39 is 0 Å². The van der Waals surface area contributed by atoms with Gasteiger partial charge in [-0.25, -0.2) is 9.97 Å². The van der Waals surface area contributed by atoms with Gasteiger partial charge in [0.05, 0.1) is 17.8 Å². The van der Waals surface area contributed by atoms with E-state index in [1.54, 1.807) is 23.2 Å². The summed E-state index contributed by atoms with van der Waals surface area (Å²) >= 11 is 0. The third kappa shape index (κ3) is 2.46. The van der Waals surface area contributed by atoms with Crippen LogP contribution in [0.4, 0.5) is 0 Å². The summed E-state index contributed by atoms with van der Waals surface area (Å²) in [6, 6.07) is 9.27. The van der Waals surface area contributed by atoms with Gasteiger partial charge >= 0.3 is 0 Å². The van der Waals surface area contributed by atoms with Crippen molar-refractivity contribution in [2.75, 3.05) is 6.54 Å². The molecule has 2 aromatic heterocycles. The van der Waals surface area contributed by atoms with Crippen molar-refractivity contribution in [2.45, 2.75) is 32.0 Å².